The first-order chi connectivity index (χ1) is 14.1. The van der Waals surface area contributed by atoms with Gasteiger partial charge in [-0.25, -0.2) is 13.5 Å². The quantitative estimate of drug-likeness (QED) is 0.462. The first kappa shape index (κ1) is 17.6. The van der Waals surface area contributed by atoms with Crippen molar-refractivity contribution in [3.8, 4) is 5.69 Å². The van der Waals surface area contributed by atoms with E-state index in [1.165, 1.54) is 12.1 Å². The molecule has 0 fully saturated rings. The molecule has 0 spiro atoms. The molecule has 6 heteroatoms. The molecule has 0 saturated carbocycles. The number of H-pyrrole nitrogens is 1. The molecule has 2 N–H and O–H groups in total. The van der Waals surface area contributed by atoms with Gasteiger partial charge in [-0.15, -0.1) is 0 Å². The number of para-hydroxylation sites is 1. The summed E-state index contributed by atoms with van der Waals surface area (Å²) in [6.45, 7) is -0.966. The molecular weight excluding hydrogens is 372 g/mol. The highest BCUT2D eigenvalue weighted by Crippen LogP contribution is 2.36. The molecule has 0 saturated heterocycles. The number of nitrogens with one attached hydrogen (secondary N) is 1. The molecule has 0 amide bonds. The Hall–Kier alpha value is -3.51. The molecule has 29 heavy (non-hydrogen) atoms. The van der Waals surface area contributed by atoms with Crippen LogP contribution in [0.4, 0.5) is 8.78 Å². The van der Waals surface area contributed by atoms with Crippen LogP contribution in [0.15, 0.2) is 79.1 Å². The van der Waals surface area contributed by atoms with E-state index in [1.54, 1.807) is 47.4 Å². The van der Waals surface area contributed by atoms with Crippen molar-refractivity contribution in [3.05, 3.63) is 96.1 Å². The molecule has 3 aromatic carbocycles. The monoisotopic (exact) mass is 389 g/mol. The Bertz CT molecular complexity index is 1320. The third-order valence-electron chi connectivity index (χ3n) is 5.34. The Morgan fingerprint density at radius 3 is 2.62 bits per heavy atom. The Labute approximate surface area is 165 Å². The maximum Gasteiger partial charge on any atom is 0.145 e. The minimum atomic E-state index is -1.79. The molecule has 5 rings (SSSR count). The fraction of sp³-hybridized carbons (Fsp3) is 0.0870. The van der Waals surface area contributed by atoms with Crippen LogP contribution in [0.3, 0.4) is 0 Å². The van der Waals surface area contributed by atoms with Crippen LogP contribution in [-0.2, 0) is 5.60 Å². The Balaban J connectivity index is 1.63. The van der Waals surface area contributed by atoms with Crippen LogP contribution in [0.1, 0.15) is 11.1 Å². The zero-order valence-corrected chi connectivity index (χ0v) is 15.3. The highest BCUT2D eigenvalue weighted by atomic mass is 19.1. The molecule has 0 bridgehead atoms. The van der Waals surface area contributed by atoms with Gasteiger partial charge in [0, 0.05) is 28.0 Å². The average Bonchev–Trinajstić information content (AvgIpc) is 3.38. The van der Waals surface area contributed by atoms with Crippen molar-refractivity contribution in [3.63, 3.8) is 0 Å². The van der Waals surface area contributed by atoms with E-state index in [2.05, 4.69) is 10.1 Å². The number of hydrogen-bond donors (Lipinski definition) is 2. The van der Waals surface area contributed by atoms with Gasteiger partial charge in [-0.2, -0.15) is 5.10 Å². The lowest BCUT2D eigenvalue weighted by atomic mass is 9.86. The topological polar surface area (TPSA) is 53.8 Å². The molecule has 2 heterocycles. The van der Waals surface area contributed by atoms with Gasteiger partial charge in [0.2, 0.25) is 0 Å². The Morgan fingerprint density at radius 2 is 1.83 bits per heavy atom. The summed E-state index contributed by atoms with van der Waals surface area (Å²) in [6, 6.07) is 18.7. The molecule has 2 aromatic heterocycles. The van der Waals surface area contributed by atoms with Gasteiger partial charge < -0.3 is 10.1 Å². The zero-order valence-electron chi connectivity index (χ0n) is 15.3. The van der Waals surface area contributed by atoms with E-state index in [1.807, 2.05) is 24.3 Å². The van der Waals surface area contributed by atoms with E-state index in [0.29, 0.717) is 16.8 Å². The summed E-state index contributed by atoms with van der Waals surface area (Å²) in [7, 11) is 0. The predicted octanol–water partition coefficient (Wildman–Crippen LogP) is 4.85. The van der Waals surface area contributed by atoms with E-state index in [-0.39, 0.29) is 5.82 Å². The molecule has 144 valence electrons. The van der Waals surface area contributed by atoms with Gasteiger partial charge in [-0.1, -0.05) is 24.3 Å². The van der Waals surface area contributed by atoms with Crippen LogP contribution in [0, 0.1) is 5.82 Å². The largest absolute Gasteiger partial charge is 0.378 e. The van der Waals surface area contributed by atoms with Crippen LogP contribution in [0.2, 0.25) is 0 Å². The van der Waals surface area contributed by atoms with Gasteiger partial charge in [0.05, 0.1) is 17.4 Å². The maximum atomic E-state index is 14.2. The number of fused-ring (bicyclic) bond motifs is 2. The fourth-order valence-electron chi connectivity index (χ4n) is 3.80. The number of benzene rings is 3. The number of aromatic nitrogens is 3. The van der Waals surface area contributed by atoms with Crippen LogP contribution >= 0.6 is 0 Å². The molecule has 0 aliphatic heterocycles. The summed E-state index contributed by atoms with van der Waals surface area (Å²) in [4.78, 5) is 3.09. The lowest BCUT2D eigenvalue weighted by Crippen LogP contribution is -2.29. The van der Waals surface area contributed by atoms with Gasteiger partial charge in [0.25, 0.3) is 0 Å². The molecule has 0 radical (unpaired) electrons. The van der Waals surface area contributed by atoms with Crippen LogP contribution in [0.5, 0.6) is 0 Å². The van der Waals surface area contributed by atoms with E-state index in [9.17, 15) is 13.9 Å². The van der Waals surface area contributed by atoms with Crippen molar-refractivity contribution in [1.29, 1.82) is 0 Å². The second kappa shape index (κ2) is 6.53. The van der Waals surface area contributed by atoms with Gasteiger partial charge in [-0.3, -0.25) is 0 Å². The lowest BCUT2D eigenvalue weighted by Gasteiger charge is -2.25. The molecule has 4 nitrogen and oxygen atoms in total. The van der Waals surface area contributed by atoms with Crippen molar-refractivity contribution in [2.45, 2.75) is 5.60 Å². The van der Waals surface area contributed by atoms with Gasteiger partial charge in [-0.05, 0) is 48.0 Å². The Kier molecular flexibility index (Phi) is 3.96. The summed E-state index contributed by atoms with van der Waals surface area (Å²) in [5.41, 5.74) is 1.47. The van der Waals surface area contributed by atoms with E-state index in [0.717, 1.165) is 21.8 Å². The number of rotatable bonds is 4. The van der Waals surface area contributed by atoms with E-state index < -0.39 is 12.3 Å². The third-order valence-corrected chi connectivity index (χ3v) is 5.34. The highest BCUT2D eigenvalue weighted by molar-refractivity contribution is 5.86. The third kappa shape index (κ3) is 2.72. The van der Waals surface area contributed by atoms with Gasteiger partial charge in [0.1, 0.15) is 18.1 Å². The predicted molar refractivity (Wildman–Crippen MR) is 108 cm³/mol. The van der Waals surface area contributed by atoms with Crippen LogP contribution < -0.4 is 0 Å². The molecule has 0 aliphatic rings. The van der Waals surface area contributed by atoms with Gasteiger partial charge in [0.15, 0.2) is 0 Å². The van der Waals surface area contributed by atoms with Crippen molar-refractivity contribution < 1.29 is 13.9 Å². The SMILES string of the molecule is OC(CF)(c1ccc2c(cnn2-c2ccc(F)cc2)c1)c1c[nH]c2ccccc12. The van der Waals surface area contributed by atoms with Crippen LogP contribution in [0.25, 0.3) is 27.5 Å². The minimum Gasteiger partial charge on any atom is -0.378 e. The fourth-order valence-corrected chi connectivity index (χ4v) is 3.80. The van der Waals surface area contributed by atoms with Gasteiger partial charge >= 0.3 is 0 Å². The smallest absolute Gasteiger partial charge is 0.145 e. The second-order valence-electron chi connectivity index (χ2n) is 7.05. The van der Waals surface area contributed by atoms with E-state index in [4.69, 9.17) is 0 Å². The standard InChI is InChI=1S/C23H17F2N3O/c24-14-23(29,20-13-26-21-4-2-1-3-19(20)21)16-5-10-22-15(11-16)12-27-28(22)18-8-6-17(25)7-9-18/h1-13,26,29H,14H2. The number of alkyl halides is 1. The summed E-state index contributed by atoms with van der Waals surface area (Å²) in [6.07, 6.45) is 3.30. The molecule has 5 aromatic rings. The zero-order chi connectivity index (χ0) is 20.0. The molecule has 0 aliphatic carbocycles. The maximum absolute atomic E-state index is 14.2. The second-order valence-corrected chi connectivity index (χ2v) is 7.05. The number of aliphatic hydroxyl groups is 1. The van der Waals surface area contributed by atoms with Crippen molar-refractivity contribution in [1.82, 2.24) is 14.8 Å². The highest BCUT2D eigenvalue weighted by Gasteiger charge is 2.34. The molecule has 1 unspecified atom stereocenters. The van der Waals surface area contributed by atoms with Crippen molar-refractivity contribution in [2.75, 3.05) is 6.67 Å². The first-order valence-electron chi connectivity index (χ1n) is 9.19. The summed E-state index contributed by atoms with van der Waals surface area (Å²) in [5, 5.41) is 17.2. The first-order valence-corrected chi connectivity index (χ1v) is 9.19. The van der Waals surface area contributed by atoms with Crippen LogP contribution in [-0.4, -0.2) is 26.5 Å². The number of nitrogens with zero attached hydrogens (tertiary/aromatic N) is 2. The minimum absolute atomic E-state index is 0.320. The summed E-state index contributed by atoms with van der Waals surface area (Å²) >= 11 is 0. The summed E-state index contributed by atoms with van der Waals surface area (Å²) < 4.78 is 29.1. The molecular formula is C23H17F2N3O. The van der Waals surface area contributed by atoms with Crippen molar-refractivity contribution in [2.24, 2.45) is 0 Å². The number of hydrogen-bond acceptors (Lipinski definition) is 2. The van der Waals surface area contributed by atoms with Crippen molar-refractivity contribution >= 4 is 21.8 Å². The molecule has 1 atom stereocenters. The number of aromatic amines is 1. The lowest BCUT2D eigenvalue weighted by molar-refractivity contribution is 0.0534. The summed E-state index contributed by atoms with van der Waals surface area (Å²) in [5.74, 6) is -0.320. The average molecular weight is 389 g/mol. The normalized spacial score (nSPS) is 13.8. The number of halogens is 2. The Morgan fingerprint density at radius 1 is 1.03 bits per heavy atom. The van der Waals surface area contributed by atoms with E-state index >= 15 is 0 Å².